The number of benzene rings is 2. The maximum Gasteiger partial charge on any atom is 0.293 e. The van der Waals surface area contributed by atoms with Gasteiger partial charge in [0.1, 0.15) is 11.3 Å². The summed E-state index contributed by atoms with van der Waals surface area (Å²) < 4.78 is 5.50. The molecule has 0 spiro atoms. The molecule has 8 nitrogen and oxygen atoms in total. The predicted octanol–water partition coefficient (Wildman–Crippen LogP) is 3.70. The monoisotopic (exact) mass is 384 g/mol. The van der Waals surface area contributed by atoms with Crippen LogP contribution >= 0.6 is 0 Å². The lowest BCUT2D eigenvalue weighted by Crippen LogP contribution is -2.34. The first kappa shape index (κ1) is 19.6. The van der Waals surface area contributed by atoms with Crippen molar-refractivity contribution in [3.63, 3.8) is 0 Å². The maximum atomic E-state index is 13.3. The van der Waals surface area contributed by atoms with Gasteiger partial charge in [0, 0.05) is 17.1 Å². The number of nitro benzene ring substituents is 1. The van der Waals surface area contributed by atoms with Gasteiger partial charge in [-0.15, -0.1) is 0 Å². The summed E-state index contributed by atoms with van der Waals surface area (Å²) in [6.07, 6.45) is 0.778. The van der Waals surface area contributed by atoms with E-state index in [1.165, 1.54) is 6.07 Å². The average Bonchev–Trinajstić information content (AvgIpc) is 2.66. The molecular formula is C20H24N4O4. The SMILES string of the molecule is CCOc1ccc2[nH]c3c([N+](=O)[O-])ccc(NC(CC)N(C)C)c3c(=O)c2c1. The lowest BCUT2D eigenvalue weighted by molar-refractivity contribution is -0.383. The molecule has 0 saturated heterocycles. The Hall–Kier alpha value is -3.13. The normalized spacial score (nSPS) is 12.5. The molecule has 0 bridgehead atoms. The largest absolute Gasteiger partial charge is 0.494 e. The Morgan fingerprint density at radius 2 is 2.00 bits per heavy atom. The molecule has 0 saturated carbocycles. The molecule has 8 heteroatoms. The molecule has 0 aliphatic heterocycles. The molecular weight excluding hydrogens is 360 g/mol. The van der Waals surface area contributed by atoms with Gasteiger partial charge in [0.25, 0.3) is 5.69 Å². The number of pyridine rings is 1. The van der Waals surface area contributed by atoms with Gasteiger partial charge in [-0.25, -0.2) is 0 Å². The Labute approximate surface area is 162 Å². The molecule has 0 aliphatic carbocycles. The quantitative estimate of drug-likeness (QED) is 0.279. The number of nitrogens with zero attached hydrogens (tertiary/aromatic N) is 2. The Balaban J connectivity index is 2.33. The van der Waals surface area contributed by atoms with E-state index in [1.807, 2.05) is 32.8 Å². The first-order chi connectivity index (χ1) is 13.4. The Morgan fingerprint density at radius 1 is 1.25 bits per heavy atom. The summed E-state index contributed by atoms with van der Waals surface area (Å²) in [5.74, 6) is 0.583. The van der Waals surface area contributed by atoms with Gasteiger partial charge in [-0.05, 0) is 51.7 Å². The van der Waals surface area contributed by atoms with Gasteiger partial charge in [-0.2, -0.15) is 0 Å². The van der Waals surface area contributed by atoms with Crippen molar-refractivity contribution in [1.82, 2.24) is 9.88 Å². The molecule has 2 N–H and O–H groups in total. The number of non-ortho nitro benzene ring substituents is 1. The van der Waals surface area contributed by atoms with Crippen molar-refractivity contribution in [2.75, 3.05) is 26.0 Å². The van der Waals surface area contributed by atoms with Crippen LogP contribution in [0.5, 0.6) is 5.75 Å². The summed E-state index contributed by atoms with van der Waals surface area (Å²) in [4.78, 5) is 29.5. The molecule has 1 aromatic heterocycles. The van der Waals surface area contributed by atoms with Crippen LogP contribution in [0.4, 0.5) is 11.4 Å². The smallest absolute Gasteiger partial charge is 0.293 e. The van der Waals surface area contributed by atoms with Crippen LogP contribution in [0.2, 0.25) is 0 Å². The van der Waals surface area contributed by atoms with Gasteiger partial charge in [-0.1, -0.05) is 6.92 Å². The number of aromatic amines is 1. The molecule has 3 aromatic rings. The molecule has 28 heavy (non-hydrogen) atoms. The molecule has 148 valence electrons. The summed E-state index contributed by atoms with van der Waals surface area (Å²) in [5.41, 5.74) is 0.897. The Kier molecular flexibility index (Phi) is 5.51. The predicted molar refractivity (Wildman–Crippen MR) is 111 cm³/mol. The number of hydrogen-bond acceptors (Lipinski definition) is 6. The lowest BCUT2D eigenvalue weighted by Gasteiger charge is -2.25. The van der Waals surface area contributed by atoms with Crippen LogP contribution in [0.3, 0.4) is 0 Å². The number of fused-ring (bicyclic) bond motifs is 2. The number of nitrogens with one attached hydrogen (secondary N) is 2. The van der Waals surface area contributed by atoms with E-state index < -0.39 is 4.92 Å². The van der Waals surface area contributed by atoms with Gasteiger partial charge >= 0.3 is 0 Å². The molecule has 0 aliphatic rings. The Morgan fingerprint density at radius 3 is 2.61 bits per heavy atom. The van der Waals surface area contributed by atoms with Crippen LogP contribution in [0, 0.1) is 10.1 Å². The van der Waals surface area contributed by atoms with Crippen molar-refractivity contribution in [2.45, 2.75) is 26.4 Å². The minimum atomic E-state index is -0.480. The maximum absolute atomic E-state index is 13.3. The third-order valence-electron chi connectivity index (χ3n) is 4.75. The van der Waals surface area contributed by atoms with E-state index in [0.29, 0.717) is 28.9 Å². The fraction of sp³-hybridized carbons (Fsp3) is 0.350. The zero-order valence-corrected chi connectivity index (χ0v) is 16.4. The number of hydrogen-bond donors (Lipinski definition) is 2. The van der Waals surface area contributed by atoms with E-state index in [4.69, 9.17) is 4.74 Å². The van der Waals surface area contributed by atoms with E-state index in [9.17, 15) is 14.9 Å². The zero-order valence-electron chi connectivity index (χ0n) is 16.4. The molecule has 1 heterocycles. The number of rotatable bonds is 7. The Bertz CT molecular complexity index is 1090. The van der Waals surface area contributed by atoms with Crippen LogP contribution < -0.4 is 15.5 Å². The van der Waals surface area contributed by atoms with Crippen LogP contribution in [-0.2, 0) is 0 Å². The summed E-state index contributed by atoms with van der Waals surface area (Å²) >= 11 is 0. The fourth-order valence-corrected chi connectivity index (χ4v) is 3.35. The summed E-state index contributed by atoms with van der Waals surface area (Å²) in [5, 5.41) is 15.6. The molecule has 0 fully saturated rings. The van der Waals surface area contributed by atoms with Crippen LogP contribution in [0.1, 0.15) is 20.3 Å². The van der Waals surface area contributed by atoms with Crippen molar-refractivity contribution in [3.05, 3.63) is 50.7 Å². The second-order valence-corrected chi connectivity index (χ2v) is 6.77. The van der Waals surface area contributed by atoms with Gasteiger partial charge in [-0.3, -0.25) is 19.8 Å². The van der Waals surface area contributed by atoms with Crippen molar-refractivity contribution < 1.29 is 9.66 Å². The molecule has 0 amide bonds. The number of nitro groups is 1. The number of ether oxygens (including phenoxy) is 1. The van der Waals surface area contributed by atoms with Gasteiger partial charge in [0.2, 0.25) is 0 Å². The third-order valence-corrected chi connectivity index (χ3v) is 4.75. The van der Waals surface area contributed by atoms with Crippen LogP contribution in [-0.4, -0.2) is 41.7 Å². The highest BCUT2D eigenvalue weighted by molar-refractivity contribution is 6.03. The fourth-order valence-electron chi connectivity index (χ4n) is 3.35. The highest BCUT2D eigenvalue weighted by atomic mass is 16.6. The lowest BCUT2D eigenvalue weighted by atomic mass is 10.1. The molecule has 1 unspecified atom stereocenters. The van der Waals surface area contributed by atoms with Crippen LogP contribution in [0.25, 0.3) is 21.8 Å². The van der Waals surface area contributed by atoms with E-state index in [2.05, 4.69) is 10.3 Å². The van der Waals surface area contributed by atoms with E-state index in [-0.39, 0.29) is 28.2 Å². The van der Waals surface area contributed by atoms with E-state index in [1.54, 1.807) is 24.3 Å². The van der Waals surface area contributed by atoms with Crippen LogP contribution in [0.15, 0.2) is 35.1 Å². The first-order valence-corrected chi connectivity index (χ1v) is 9.20. The highest BCUT2D eigenvalue weighted by Gasteiger charge is 2.21. The van der Waals surface area contributed by atoms with Crippen molar-refractivity contribution >= 4 is 33.2 Å². The van der Waals surface area contributed by atoms with Crippen molar-refractivity contribution in [2.24, 2.45) is 0 Å². The summed E-state index contributed by atoms with van der Waals surface area (Å²) in [7, 11) is 3.87. The molecule has 2 aromatic carbocycles. The van der Waals surface area contributed by atoms with E-state index >= 15 is 0 Å². The van der Waals surface area contributed by atoms with Gasteiger partial charge in [0.05, 0.1) is 28.6 Å². The molecule has 3 rings (SSSR count). The topological polar surface area (TPSA) is 100 Å². The second kappa shape index (κ2) is 7.85. The van der Waals surface area contributed by atoms with Crippen molar-refractivity contribution in [3.8, 4) is 5.75 Å². The van der Waals surface area contributed by atoms with Gasteiger partial charge in [0.15, 0.2) is 5.43 Å². The number of H-pyrrole nitrogens is 1. The standard InChI is InChI=1S/C20H24N4O4/c1-5-17(23(3)4)21-15-9-10-16(24(26)27)19-18(15)20(25)13-11-12(28-6-2)7-8-14(13)22-19/h7-11,17,21H,5-6H2,1-4H3,(H,22,25). The minimum absolute atomic E-state index is 0.0190. The number of anilines is 1. The van der Waals surface area contributed by atoms with E-state index in [0.717, 1.165) is 6.42 Å². The molecule has 1 atom stereocenters. The minimum Gasteiger partial charge on any atom is -0.494 e. The molecule has 0 radical (unpaired) electrons. The zero-order chi connectivity index (χ0) is 20.4. The third kappa shape index (κ3) is 3.50. The second-order valence-electron chi connectivity index (χ2n) is 6.77. The summed E-state index contributed by atoms with van der Waals surface area (Å²) in [6.45, 7) is 4.38. The van der Waals surface area contributed by atoms with Gasteiger partial charge < -0.3 is 15.0 Å². The number of aromatic nitrogens is 1. The van der Waals surface area contributed by atoms with Crippen molar-refractivity contribution in [1.29, 1.82) is 0 Å². The highest BCUT2D eigenvalue weighted by Crippen LogP contribution is 2.31. The summed E-state index contributed by atoms with van der Waals surface area (Å²) in [6, 6.07) is 8.13. The first-order valence-electron chi connectivity index (χ1n) is 9.20. The average molecular weight is 384 g/mol.